The molecule has 0 aliphatic rings. The minimum absolute atomic E-state index is 0.0665. The Morgan fingerprint density at radius 2 is 2.00 bits per heavy atom. The molecule has 9 heteroatoms. The third-order valence-corrected chi connectivity index (χ3v) is 3.78. The maximum absolute atomic E-state index is 12.1. The molecule has 2 aromatic heterocycles. The first kappa shape index (κ1) is 13.5. The Balaban J connectivity index is 2.39. The molecule has 0 fully saturated rings. The molecule has 0 saturated carbocycles. The van der Waals surface area contributed by atoms with Crippen molar-refractivity contribution in [1.29, 1.82) is 10.5 Å². The molecule has 0 unspecified atom stereocenters. The van der Waals surface area contributed by atoms with Crippen LogP contribution in [0.15, 0.2) is 29.4 Å². The van der Waals surface area contributed by atoms with Gasteiger partial charge in [-0.2, -0.15) is 15.6 Å². The van der Waals surface area contributed by atoms with Gasteiger partial charge in [-0.25, -0.2) is 13.4 Å². The number of aryl methyl sites for hydroxylation is 1. The number of aromatic nitrogens is 3. The van der Waals surface area contributed by atoms with Gasteiger partial charge in [0.2, 0.25) is 0 Å². The first-order valence-electron chi connectivity index (χ1n) is 5.29. The van der Waals surface area contributed by atoms with Crippen molar-refractivity contribution in [2.24, 2.45) is 7.05 Å². The molecule has 0 atom stereocenters. The van der Waals surface area contributed by atoms with E-state index in [1.54, 1.807) is 6.07 Å². The molecular formula is C11H8N6O2S. The van der Waals surface area contributed by atoms with Gasteiger partial charge in [-0.1, -0.05) is 0 Å². The van der Waals surface area contributed by atoms with Crippen LogP contribution in [-0.4, -0.2) is 23.2 Å². The van der Waals surface area contributed by atoms with E-state index in [0.717, 1.165) is 6.20 Å². The molecule has 0 aliphatic carbocycles. The van der Waals surface area contributed by atoms with Gasteiger partial charge in [0.05, 0.1) is 6.20 Å². The average molecular weight is 288 g/mol. The lowest BCUT2D eigenvalue weighted by atomic mass is 10.4. The van der Waals surface area contributed by atoms with Gasteiger partial charge >= 0.3 is 0 Å². The molecule has 0 bridgehead atoms. The molecule has 0 aromatic carbocycles. The zero-order valence-corrected chi connectivity index (χ0v) is 11.1. The highest BCUT2D eigenvalue weighted by atomic mass is 32.2. The number of hydrogen-bond donors (Lipinski definition) is 1. The first-order chi connectivity index (χ1) is 9.47. The Hall–Kier alpha value is -2.91. The molecule has 1 N–H and O–H groups in total. The molecule has 0 radical (unpaired) electrons. The Bertz CT molecular complexity index is 823. The smallest absolute Gasteiger partial charge is 0.262 e. The van der Waals surface area contributed by atoms with E-state index in [2.05, 4.69) is 14.8 Å². The van der Waals surface area contributed by atoms with E-state index in [1.807, 2.05) is 6.07 Å². The van der Waals surface area contributed by atoms with Gasteiger partial charge in [-0.15, -0.1) is 0 Å². The number of nitrogens with zero attached hydrogens (tertiary/aromatic N) is 5. The van der Waals surface area contributed by atoms with Gasteiger partial charge in [-0.05, 0) is 12.1 Å². The minimum Gasteiger partial charge on any atom is -0.262 e. The van der Waals surface area contributed by atoms with E-state index in [4.69, 9.17) is 10.5 Å². The molecule has 2 rings (SSSR count). The summed E-state index contributed by atoms with van der Waals surface area (Å²) in [6, 6.07) is 6.19. The molecule has 0 spiro atoms. The van der Waals surface area contributed by atoms with Crippen molar-refractivity contribution in [1.82, 2.24) is 14.8 Å². The zero-order valence-electron chi connectivity index (χ0n) is 10.3. The standard InChI is InChI=1S/C11H8N6O2S/c1-17-11(8(4-12)6-15-17)16-20(18,19)10-3-2-9(5-13)14-7-10/h2-3,6-7,16H,1H3. The van der Waals surface area contributed by atoms with E-state index >= 15 is 0 Å². The third-order valence-electron chi connectivity index (χ3n) is 2.45. The fourth-order valence-electron chi connectivity index (χ4n) is 1.43. The molecule has 100 valence electrons. The van der Waals surface area contributed by atoms with Crippen molar-refractivity contribution in [3.8, 4) is 12.1 Å². The van der Waals surface area contributed by atoms with Crippen LogP contribution in [0.4, 0.5) is 5.82 Å². The van der Waals surface area contributed by atoms with Crippen LogP contribution in [0.2, 0.25) is 0 Å². The van der Waals surface area contributed by atoms with Crippen LogP contribution in [0, 0.1) is 22.7 Å². The Labute approximate surface area is 115 Å². The van der Waals surface area contributed by atoms with Gasteiger partial charge in [0.15, 0.2) is 5.82 Å². The number of nitrogens with one attached hydrogen (secondary N) is 1. The van der Waals surface area contributed by atoms with Crippen LogP contribution in [0.3, 0.4) is 0 Å². The maximum Gasteiger partial charge on any atom is 0.264 e. The predicted molar refractivity (Wildman–Crippen MR) is 67.7 cm³/mol. The van der Waals surface area contributed by atoms with Gasteiger partial charge in [0.25, 0.3) is 10.0 Å². The van der Waals surface area contributed by atoms with Gasteiger partial charge in [0, 0.05) is 13.2 Å². The molecule has 2 aromatic rings. The fraction of sp³-hybridized carbons (Fsp3) is 0.0909. The summed E-state index contributed by atoms with van der Waals surface area (Å²) in [6.45, 7) is 0. The maximum atomic E-state index is 12.1. The van der Waals surface area contributed by atoms with Crippen LogP contribution in [0.25, 0.3) is 0 Å². The number of anilines is 1. The average Bonchev–Trinajstić information content (AvgIpc) is 2.79. The lowest BCUT2D eigenvalue weighted by Crippen LogP contribution is -2.16. The zero-order chi connectivity index (χ0) is 14.8. The highest BCUT2D eigenvalue weighted by molar-refractivity contribution is 7.92. The summed E-state index contributed by atoms with van der Waals surface area (Å²) in [5.41, 5.74) is 0.222. The van der Waals surface area contributed by atoms with E-state index in [0.29, 0.717) is 0 Å². The second-order valence-corrected chi connectivity index (χ2v) is 5.42. The van der Waals surface area contributed by atoms with Crippen LogP contribution in [-0.2, 0) is 17.1 Å². The Morgan fingerprint density at radius 1 is 1.25 bits per heavy atom. The lowest BCUT2D eigenvalue weighted by molar-refractivity contribution is 0.600. The molecule has 2 heterocycles. The number of pyridine rings is 1. The first-order valence-corrected chi connectivity index (χ1v) is 6.77. The molecule has 0 amide bonds. The third kappa shape index (κ3) is 2.43. The number of nitriles is 2. The monoisotopic (exact) mass is 288 g/mol. The normalized spacial score (nSPS) is 10.6. The van der Waals surface area contributed by atoms with Crippen molar-refractivity contribution in [2.45, 2.75) is 4.90 Å². The summed E-state index contributed by atoms with van der Waals surface area (Å²) < 4.78 is 27.8. The largest absolute Gasteiger partial charge is 0.264 e. The van der Waals surface area contributed by atoms with Crippen LogP contribution in [0.5, 0.6) is 0 Å². The fourth-order valence-corrected chi connectivity index (χ4v) is 2.49. The summed E-state index contributed by atoms with van der Waals surface area (Å²) in [7, 11) is -2.39. The van der Waals surface area contributed by atoms with Crippen molar-refractivity contribution >= 4 is 15.8 Å². The van der Waals surface area contributed by atoms with E-state index in [9.17, 15) is 8.42 Å². The summed E-state index contributed by atoms with van der Waals surface area (Å²) in [5.74, 6) is 0.0665. The van der Waals surface area contributed by atoms with E-state index in [1.165, 1.54) is 30.1 Å². The van der Waals surface area contributed by atoms with E-state index < -0.39 is 10.0 Å². The van der Waals surface area contributed by atoms with Crippen LogP contribution in [0.1, 0.15) is 11.3 Å². The number of hydrogen-bond acceptors (Lipinski definition) is 6. The van der Waals surface area contributed by atoms with Gasteiger partial charge in [-0.3, -0.25) is 9.40 Å². The summed E-state index contributed by atoms with van der Waals surface area (Å²) in [5, 5.41) is 21.3. The van der Waals surface area contributed by atoms with E-state index in [-0.39, 0.29) is 22.0 Å². The van der Waals surface area contributed by atoms with Crippen LogP contribution >= 0.6 is 0 Å². The van der Waals surface area contributed by atoms with Crippen molar-refractivity contribution < 1.29 is 8.42 Å². The molecule has 20 heavy (non-hydrogen) atoms. The lowest BCUT2D eigenvalue weighted by Gasteiger charge is -2.08. The molecule has 0 aliphatic heterocycles. The molecular weight excluding hydrogens is 280 g/mol. The molecule has 0 saturated heterocycles. The van der Waals surface area contributed by atoms with Crippen LogP contribution < -0.4 is 4.72 Å². The second kappa shape index (κ2) is 4.99. The van der Waals surface area contributed by atoms with Crippen molar-refractivity contribution in [3.05, 3.63) is 35.8 Å². The number of rotatable bonds is 3. The second-order valence-electron chi connectivity index (χ2n) is 3.74. The quantitative estimate of drug-likeness (QED) is 0.869. The SMILES string of the molecule is Cn1ncc(C#N)c1NS(=O)(=O)c1ccc(C#N)nc1. The Morgan fingerprint density at radius 3 is 2.55 bits per heavy atom. The van der Waals surface area contributed by atoms with Gasteiger partial charge in [0.1, 0.15) is 28.3 Å². The highest BCUT2D eigenvalue weighted by Crippen LogP contribution is 2.18. The summed E-state index contributed by atoms with van der Waals surface area (Å²) >= 11 is 0. The predicted octanol–water partition coefficient (Wildman–Crippen LogP) is 0.359. The summed E-state index contributed by atoms with van der Waals surface area (Å²) in [4.78, 5) is 3.58. The topological polar surface area (TPSA) is 124 Å². The summed E-state index contributed by atoms with van der Waals surface area (Å²) in [6.07, 6.45) is 2.33. The Kier molecular flexibility index (Phi) is 3.37. The van der Waals surface area contributed by atoms with Crippen molar-refractivity contribution in [2.75, 3.05) is 4.72 Å². The minimum atomic E-state index is -3.90. The molecule has 8 nitrogen and oxygen atoms in total. The highest BCUT2D eigenvalue weighted by Gasteiger charge is 2.19. The van der Waals surface area contributed by atoms with Crippen molar-refractivity contribution in [3.63, 3.8) is 0 Å². The van der Waals surface area contributed by atoms with Gasteiger partial charge < -0.3 is 0 Å². The number of sulfonamides is 1.